The number of pyridine rings is 1. The largest absolute Gasteiger partial charge is 0.397 e. The van der Waals surface area contributed by atoms with Crippen molar-refractivity contribution in [3.63, 3.8) is 0 Å². The molecule has 1 aromatic carbocycles. The van der Waals surface area contributed by atoms with Gasteiger partial charge >= 0.3 is 0 Å². The lowest BCUT2D eigenvalue weighted by atomic mass is 10.1. The van der Waals surface area contributed by atoms with Crippen LogP contribution in [0.3, 0.4) is 0 Å². The van der Waals surface area contributed by atoms with Crippen molar-refractivity contribution in [2.24, 2.45) is 0 Å². The summed E-state index contributed by atoms with van der Waals surface area (Å²) in [6, 6.07) is 5.95. The van der Waals surface area contributed by atoms with Crippen LogP contribution in [0.4, 0.5) is 5.69 Å². The van der Waals surface area contributed by atoms with E-state index in [2.05, 4.69) is 9.97 Å². The minimum absolute atomic E-state index is 0.756. The number of imidazole rings is 1. The molecule has 0 radical (unpaired) electrons. The van der Waals surface area contributed by atoms with Gasteiger partial charge in [0, 0.05) is 35.6 Å². The predicted octanol–water partition coefficient (Wildman–Crippen LogP) is 2.31. The van der Waals surface area contributed by atoms with E-state index in [-0.39, 0.29) is 0 Å². The van der Waals surface area contributed by atoms with Crippen molar-refractivity contribution in [3.8, 4) is 5.69 Å². The molecule has 0 saturated heterocycles. The van der Waals surface area contributed by atoms with Crippen LogP contribution in [0.25, 0.3) is 16.5 Å². The zero-order valence-corrected chi connectivity index (χ0v) is 9.46. The Balaban J connectivity index is 2.32. The number of aryl methyl sites for hydroxylation is 1. The van der Waals surface area contributed by atoms with E-state index >= 15 is 0 Å². The Morgan fingerprint density at radius 3 is 2.82 bits per heavy atom. The number of benzene rings is 1. The second kappa shape index (κ2) is 3.59. The molecule has 2 aromatic heterocycles. The summed E-state index contributed by atoms with van der Waals surface area (Å²) in [5, 5.41) is 2.07. The van der Waals surface area contributed by atoms with Crippen LogP contribution in [-0.2, 0) is 0 Å². The molecule has 0 spiro atoms. The summed E-state index contributed by atoms with van der Waals surface area (Å²) in [7, 11) is 0. The molecule has 4 nitrogen and oxygen atoms in total. The predicted molar refractivity (Wildman–Crippen MR) is 68.0 cm³/mol. The number of nitrogens with two attached hydrogens (primary N) is 1. The summed E-state index contributed by atoms with van der Waals surface area (Å²) in [4.78, 5) is 8.30. The average Bonchev–Trinajstić information content (AvgIpc) is 2.76. The first-order chi connectivity index (χ1) is 8.27. The lowest BCUT2D eigenvalue weighted by Crippen LogP contribution is -2.01. The quantitative estimate of drug-likeness (QED) is 0.645. The van der Waals surface area contributed by atoms with Crippen LogP contribution >= 0.6 is 0 Å². The van der Waals surface area contributed by atoms with E-state index in [1.165, 1.54) is 0 Å². The second-order valence-corrected chi connectivity index (χ2v) is 3.94. The summed E-state index contributed by atoms with van der Waals surface area (Å²) in [5.41, 5.74) is 7.92. The monoisotopic (exact) mass is 224 g/mol. The van der Waals surface area contributed by atoms with Gasteiger partial charge in [-0.05, 0) is 19.1 Å². The third kappa shape index (κ3) is 1.45. The maximum Gasteiger partial charge on any atom is 0.110 e. The molecule has 2 heterocycles. The van der Waals surface area contributed by atoms with Crippen molar-refractivity contribution in [2.45, 2.75) is 6.92 Å². The lowest BCUT2D eigenvalue weighted by Gasteiger charge is -2.10. The van der Waals surface area contributed by atoms with E-state index in [0.29, 0.717) is 0 Å². The van der Waals surface area contributed by atoms with Crippen LogP contribution in [0.2, 0.25) is 0 Å². The summed E-state index contributed by atoms with van der Waals surface area (Å²) in [6.07, 6.45) is 7.25. The number of rotatable bonds is 1. The van der Waals surface area contributed by atoms with E-state index in [4.69, 9.17) is 5.73 Å². The molecule has 0 aliphatic heterocycles. The fraction of sp³-hybridized carbons (Fsp3) is 0.0769. The molecule has 4 heteroatoms. The third-order valence-corrected chi connectivity index (χ3v) is 2.92. The Morgan fingerprint density at radius 2 is 2.06 bits per heavy atom. The Morgan fingerprint density at radius 1 is 1.18 bits per heavy atom. The van der Waals surface area contributed by atoms with E-state index in [1.54, 1.807) is 12.4 Å². The molecular formula is C13H12N4. The number of aromatic nitrogens is 3. The summed E-state index contributed by atoms with van der Waals surface area (Å²) in [5.74, 6) is 0.921. The standard InChI is InChI=1S/C13H12N4/c1-9-16-6-7-17(9)12-3-2-10-8-15-5-4-11(10)13(12)14/h2-8H,14H2,1H3. The lowest BCUT2D eigenvalue weighted by molar-refractivity contribution is 0.979. The molecular weight excluding hydrogens is 212 g/mol. The van der Waals surface area contributed by atoms with Gasteiger partial charge in [-0.1, -0.05) is 6.07 Å². The molecule has 3 rings (SSSR count). The Bertz CT molecular complexity index is 685. The summed E-state index contributed by atoms with van der Waals surface area (Å²) < 4.78 is 1.98. The van der Waals surface area contributed by atoms with Crippen molar-refractivity contribution < 1.29 is 0 Å². The molecule has 0 amide bonds. The number of hydrogen-bond donors (Lipinski definition) is 1. The molecule has 0 saturated carbocycles. The van der Waals surface area contributed by atoms with Gasteiger partial charge in [0.1, 0.15) is 5.82 Å². The maximum atomic E-state index is 6.20. The number of hydrogen-bond acceptors (Lipinski definition) is 3. The molecule has 0 atom stereocenters. The molecule has 2 N–H and O–H groups in total. The van der Waals surface area contributed by atoms with Crippen molar-refractivity contribution in [1.82, 2.24) is 14.5 Å². The van der Waals surface area contributed by atoms with E-state index < -0.39 is 0 Å². The van der Waals surface area contributed by atoms with E-state index in [0.717, 1.165) is 28.0 Å². The van der Waals surface area contributed by atoms with Gasteiger partial charge in [-0.15, -0.1) is 0 Å². The fourth-order valence-corrected chi connectivity index (χ4v) is 2.02. The number of fused-ring (bicyclic) bond motifs is 1. The highest BCUT2D eigenvalue weighted by molar-refractivity contribution is 5.96. The maximum absolute atomic E-state index is 6.20. The first-order valence-electron chi connectivity index (χ1n) is 5.40. The molecule has 0 aliphatic carbocycles. The normalized spacial score (nSPS) is 10.9. The van der Waals surface area contributed by atoms with Crippen LogP contribution in [-0.4, -0.2) is 14.5 Å². The zero-order chi connectivity index (χ0) is 11.8. The van der Waals surface area contributed by atoms with Gasteiger partial charge in [-0.2, -0.15) is 0 Å². The SMILES string of the molecule is Cc1nccn1-c1ccc2cnccc2c1N. The van der Waals surface area contributed by atoms with Crippen LogP contribution in [0, 0.1) is 6.92 Å². The molecule has 0 aliphatic rings. The van der Waals surface area contributed by atoms with Gasteiger partial charge in [-0.25, -0.2) is 4.98 Å². The molecule has 3 aromatic rings. The highest BCUT2D eigenvalue weighted by atomic mass is 15.1. The number of anilines is 1. The van der Waals surface area contributed by atoms with E-state index in [1.807, 2.05) is 42.1 Å². The van der Waals surface area contributed by atoms with Crippen LogP contribution in [0.5, 0.6) is 0 Å². The van der Waals surface area contributed by atoms with E-state index in [9.17, 15) is 0 Å². The van der Waals surface area contributed by atoms with Crippen LogP contribution in [0.1, 0.15) is 5.82 Å². The molecule has 0 fully saturated rings. The van der Waals surface area contributed by atoms with Crippen LogP contribution < -0.4 is 5.73 Å². The number of nitrogen functional groups attached to an aromatic ring is 1. The number of nitrogens with zero attached hydrogens (tertiary/aromatic N) is 3. The van der Waals surface area contributed by atoms with Gasteiger partial charge in [0.2, 0.25) is 0 Å². The van der Waals surface area contributed by atoms with Gasteiger partial charge in [-0.3, -0.25) is 4.98 Å². The second-order valence-electron chi connectivity index (χ2n) is 3.94. The van der Waals surface area contributed by atoms with Gasteiger partial charge in [0.15, 0.2) is 0 Å². The summed E-state index contributed by atoms with van der Waals surface area (Å²) >= 11 is 0. The van der Waals surface area contributed by atoms with Crippen molar-refractivity contribution >= 4 is 16.5 Å². The van der Waals surface area contributed by atoms with Crippen molar-refractivity contribution in [3.05, 3.63) is 48.8 Å². The average molecular weight is 224 g/mol. The Kier molecular flexibility index (Phi) is 2.08. The molecule has 0 bridgehead atoms. The van der Waals surface area contributed by atoms with Crippen LogP contribution in [0.15, 0.2) is 43.0 Å². The zero-order valence-electron chi connectivity index (χ0n) is 9.46. The first kappa shape index (κ1) is 9.84. The highest BCUT2D eigenvalue weighted by Gasteiger charge is 2.07. The molecule has 84 valence electrons. The Hall–Kier alpha value is -2.36. The van der Waals surface area contributed by atoms with Gasteiger partial charge < -0.3 is 10.3 Å². The molecule has 17 heavy (non-hydrogen) atoms. The topological polar surface area (TPSA) is 56.7 Å². The summed E-state index contributed by atoms with van der Waals surface area (Å²) in [6.45, 7) is 1.95. The minimum atomic E-state index is 0.756. The van der Waals surface area contributed by atoms with Gasteiger partial charge in [0.05, 0.1) is 11.4 Å². The first-order valence-corrected chi connectivity index (χ1v) is 5.40. The van der Waals surface area contributed by atoms with Crippen molar-refractivity contribution in [1.29, 1.82) is 0 Å². The minimum Gasteiger partial charge on any atom is -0.397 e. The fourth-order valence-electron chi connectivity index (χ4n) is 2.02. The third-order valence-electron chi connectivity index (χ3n) is 2.92. The van der Waals surface area contributed by atoms with Gasteiger partial charge in [0.25, 0.3) is 0 Å². The highest BCUT2D eigenvalue weighted by Crippen LogP contribution is 2.27. The Labute approximate surface area is 98.7 Å². The molecule has 0 unspecified atom stereocenters. The van der Waals surface area contributed by atoms with Crippen molar-refractivity contribution in [2.75, 3.05) is 5.73 Å². The smallest absolute Gasteiger partial charge is 0.110 e.